The molecule has 0 unspecified atom stereocenters. The fourth-order valence-electron chi connectivity index (χ4n) is 1.72. The normalized spacial score (nSPS) is 10.3. The van der Waals surface area contributed by atoms with Crippen molar-refractivity contribution in [1.29, 1.82) is 0 Å². The molecule has 0 saturated carbocycles. The molecule has 1 amide bonds. The minimum Gasteiger partial charge on any atom is -0.397 e. The Labute approximate surface area is 126 Å². The number of nitrogens with two attached hydrogens (primary N) is 1. The number of hydrogen-bond acceptors (Lipinski definition) is 3. The summed E-state index contributed by atoms with van der Waals surface area (Å²) in [5.74, 6) is -0.213. The molecule has 0 aliphatic heterocycles. The summed E-state index contributed by atoms with van der Waals surface area (Å²) < 4.78 is 0. The van der Waals surface area contributed by atoms with Crippen molar-refractivity contribution < 1.29 is 4.79 Å². The van der Waals surface area contributed by atoms with Gasteiger partial charge in [0, 0.05) is 29.0 Å². The Morgan fingerprint density at radius 1 is 1.25 bits per heavy atom. The molecule has 0 saturated heterocycles. The largest absolute Gasteiger partial charge is 0.397 e. The van der Waals surface area contributed by atoms with Gasteiger partial charge in [0.05, 0.1) is 11.3 Å². The Morgan fingerprint density at radius 2 is 2.05 bits per heavy atom. The molecule has 20 heavy (non-hydrogen) atoms. The van der Waals surface area contributed by atoms with Gasteiger partial charge in [-0.1, -0.05) is 29.3 Å². The maximum atomic E-state index is 11.9. The zero-order valence-corrected chi connectivity index (χ0v) is 12.1. The first-order chi connectivity index (χ1) is 9.56. The topological polar surface area (TPSA) is 68.0 Å². The van der Waals surface area contributed by atoms with Crippen molar-refractivity contribution in [2.24, 2.45) is 0 Å². The molecule has 1 aromatic carbocycles. The Hall–Kier alpha value is -1.78. The Kier molecular flexibility index (Phi) is 4.82. The second-order valence-corrected chi connectivity index (χ2v) is 5.09. The number of halogens is 2. The van der Waals surface area contributed by atoms with E-state index in [2.05, 4.69) is 10.3 Å². The molecule has 1 heterocycles. The van der Waals surface area contributed by atoms with E-state index in [0.29, 0.717) is 34.3 Å². The molecule has 0 spiro atoms. The number of carbonyl (C=O) groups excluding carboxylic acids is 1. The maximum absolute atomic E-state index is 11.9. The van der Waals surface area contributed by atoms with Crippen LogP contribution in [0.3, 0.4) is 0 Å². The van der Waals surface area contributed by atoms with Crippen molar-refractivity contribution in [2.45, 2.75) is 6.42 Å². The summed E-state index contributed by atoms with van der Waals surface area (Å²) >= 11 is 11.9. The quantitative estimate of drug-likeness (QED) is 0.912. The number of amides is 1. The highest BCUT2D eigenvalue weighted by Gasteiger charge is 2.07. The van der Waals surface area contributed by atoms with E-state index in [1.807, 2.05) is 6.07 Å². The Morgan fingerprint density at radius 3 is 2.75 bits per heavy atom. The average Bonchev–Trinajstić information content (AvgIpc) is 2.41. The molecular formula is C14H13Cl2N3O. The summed E-state index contributed by atoms with van der Waals surface area (Å²) in [5.41, 5.74) is 7.40. The van der Waals surface area contributed by atoms with Crippen molar-refractivity contribution in [3.05, 3.63) is 57.8 Å². The molecule has 2 aromatic rings. The molecule has 0 radical (unpaired) electrons. The summed E-state index contributed by atoms with van der Waals surface area (Å²) in [6, 6.07) is 6.88. The highest BCUT2D eigenvalue weighted by molar-refractivity contribution is 6.35. The monoisotopic (exact) mass is 309 g/mol. The van der Waals surface area contributed by atoms with E-state index in [0.717, 1.165) is 5.56 Å². The summed E-state index contributed by atoms with van der Waals surface area (Å²) in [5, 5.41) is 3.98. The lowest BCUT2D eigenvalue weighted by atomic mass is 10.1. The lowest BCUT2D eigenvalue weighted by molar-refractivity contribution is 0.0954. The van der Waals surface area contributed by atoms with Gasteiger partial charge in [-0.3, -0.25) is 9.78 Å². The van der Waals surface area contributed by atoms with Crippen LogP contribution in [0, 0.1) is 0 Å². The van der Waals surface area contributed by atoms with Gasteiger partial charge in [0.15, 0.2) is 0 Å². The lowest BCUT2D eigenvalue weighted by Crippen LogP contribution is -2.26. The second-order valence-electron chi connectivity index (χ2n) is 4.25. The second kappa shape index (κ2) is 6.59. The number of aromatic nitrogens is 1. The number of carbonyl (C=O) groups is 1. The number of anilines is 1. The minimum atomic E-state index is -0.213. The van der Waals surface area contributed by atoms with Gasteiger partial charge in [-0.15, -0.1) is 0 Å². The van der Waals surface area contributed by atoms with Gasteiger partial charge in [-0.05, 0) is 30.2 Å². The van der Waals surface area contributed by atoms with E-state index >= 15 is 0 Å². The van der Waals surface area contributed by atoms with Crippen LogP contribution in [-0.4, -0.2) is 17.4 Å². The molecule has 0 bridgehead atoms. The third kappa shape index (κ3) is 3.85. The van der Waals surface area contributed by atoms with Crippen molar-refractivity contribution in [1.82, 2.24) is 10.3 Å². The molecular weight excluding hydrogens is 297 g/mol. The van der Waals surface area contributed by atoms with Crippen LogP contribution in [0.5, 0.6) is 0 Å². The van der Waals surface area contributed by atoms with Gasteiger partial charge in [0.2, 0.25) is 0 Å². The van der Waals surface area contributed by atoms with Crippen LogP contribution in [0.15, 0.2) is 36.7 Å². The van der Waals surface area contributed by atoms with E-state index < -0.39 is 0 Å². The van der Waals surface area contributed by atoms with E-state index in [-0.39, 0.29) is 5.91 Å². The van der Waals surface area contributed by atoms with E-state index in [4.69, 9.17) is 28.9 Å². The molecule has 4 nitrogen and oxygen atoms in total. The Balaban J connectivity index is 1.91. The van der Waals surface area contributed by atoms with Gasteiger partial charge in [0.25, 0.3) is 5.91 Å². The van der Waals surface area contributed by atoms with Crippen LogP contribution < -0.4 is 11.1 Å². The molecule has 2 rings (SSSR count). The van der Waals surface area contributed by atoms with Crippen LogP contribution in [0.1, 0.15) is 15.9 Å². The summed E-state index contributed by atoms with van der Waals surface area (Å²) in [6.45, 7) is 0.467. The van der Waals surface area contributed by atoms with Gasteiger partial charge in [0.1, 0.15) is 0 Å². The number of pyridine rings is 1. The predicted octanol–water partition coefficient (Wildman–Crippen LogP) is 2.94. The van der Waals surface area contributed by atoms with Gasteiger partial charge >= 0.3 is 0 Å². The van der Waals surface area contributed by atoms with Crippen LogP contribution in [0.25, 0.3) is 0 Å². The first kappa shape index (κ1) is 14.6. The number of rotatable bonds is 4. The number of hydrogen-bond donors (Lipinski definition) is 2. The predicted molar refractivity (Wildman–Crippen MR) is 81.1 cm³/mol. The minimum absolute atomic E-state index is 0.213. The third-order valence-corrected chi connectivity index (χ3v) is 3.30. The lowest BCUT2D eigenvalue weighted by Gasteiger charge is -2.07. The highest BCUT2D eigenvalue weighted by Crippen LogP contribution is 2.21. The first-order valence-electron chi connectivity index (χ1n) is 5.99. The number of nitrogen functional groups attached to an aromatic ring is 1. The fraction of sp³-hybridized carbons (Fsp3) is 0.143. The van der Waals surface area contributed by atoms with E-state index in [9.17, 15) is 4.79 Å². The molecule has 3 N–H and O–H groups in total. The standard InChI is InChI=1S/C14H13Cl2N3O/c15-11-2-1-9(13(16)6-11)3-4-19-14(20)10-5-12(17)8-18-7-10/h1-2,5-8H,3-4,17H2,(H,19,20). The van der Waals surface area contributed by atoms with Crippen molar-refractivity contribution >= 4 is 34.8 Å². The summed E-state index contributed by atoms with van der Waals surface area (Å²) in [6.07, 6.45) is 3.59. The number of nitrogens with one attached hydrogen (secondary N) is 1. The average molecular weight is 310 g/mol. The van der Waals surface area contributed by atoms with Crippen LogP contribution in [0.2, 0.25) is 10.0 Å². The van der Waals surface area contributed by atoms with Crippen molar-refractivity contribution in [2.75, 3.05) is 12.3 Å². The van der Waals surface area contributed by atoms with Gasteiger partial charge in [-0.2, -0.15) is 0 Å². The molecule has 0 atom stereocenters. The first-order valence-corrected chi connectivity index (χ1v) is 6.74. The van der Waals surface area contributed by atoms with Crippen molar-refractivity contribution in [3.8, 4) is 0 Å². The molecule has 0 fully saturated rings. The van der Waals surface area contributed by atoms with Crippen LogP contribution >= 0.6 is 23.2 Å². The van der Waals surface area contributed by atoms with Crippen LogP contribution in [0.4, 0.5) is 5.69 Å². The SMILES string of the molecule is Nc1cncc(C(=O)NCCc2ccc(Cl)cc2Cl)c1. The third-order valence-electron chi connectivity index (χ3n) is 2.72. The molecule has 0 aliphatic rings. The highest BCUT2D eigenvalue weighted by atomic mass is 35.5. The summed E-state index contributed by atoms with van der Waals surface area (Å²) in [7, 11) is 0. The van der Waals surface area contributed by atoms with E-state index in [1.165, 1.54) is 12.4 Å². The molecule has 0 aliphatic carbocycles. The van der Waals surface area contributed by atoms with Crippen molar-refractivity contribution in [3.63, 3.8) is 0 Å². The Bertz CT molecular complexity index is 632. The molecule has 6 heteroatoms. The number of nitrogens with zero attached hydrogens (tertiary/aromatic N) is 1. The number of benzene rings is 1. The summed E-state index contributed by atoms with van der Waals surface area (Å²) in [4.78, 5) is 15.7. The molecule has 1 aromatic heterocycles. The fourth-order valence-corrected chi connectivity index (χ4v) is 2.22. The zero-order chi connectivity index (χ0) is 14.5. The smallest absolute Gasteiger partial charge is 0.252 e. The molecule has 104 valence electrons. The van der Waals surface area contributed by atoms with Gasteiger partial charge < -0.3 is 11.1 Å². The zero-order valence-electron chi connectivity index (χ0n) is 10.6. The van der Waals surface area contributed by atoms with E-state index in [1.54, 1.807) is 18.2 Å². The van der Waals surface area contributed by atoms with Gasteiger partial charge in [-0.25, -0.2) is 0 Å². The van der Waals surface area contributed by atoms with Crippen LogP contribution in [-0.2, 0) is 6.42 Å². The maximum Gasteiger partial charge on any atom is 0.252 e.